The largest absolute Gasteiger partial charge is 0.376 e. The molecule has 11 nitrogen and oxygen atoms in total. The Morgan fingerprint density at radius 2 is 2.00 bits per heavy atom. The number of hydrogen-bond acceptors (Lipinski definition) is 7. The van der Waals surface area contributed by atoms with E-state index in [4.69, 9.17) is 10.7 Å². The first kappa shape index (κ1) is 23.2. The van der Waals surface area contributed by atoms with Crippen molar-refractivity contribution in [1.29, 1.82) is 5.26 Å². The second-order valence-electron chi connectivity index (χ2n) is 9.54. The molecule has 2 amide bonds. The summed E-state index contributed by atoms with van der Waals surface area (Å²) < 4.78 is 3.40. The topological polar surface area (TPSA) is 147 Å². The number of aryl methyl sites for hydroxylation is 2. The lowest BCUT2D eigenvalue weighted by Gasteiger charge is -2.24. The highest BCUT2D eigenvalue weighted by Gasteiger charge is 2.39. The monoisotopic (exact) mass is 463 g/mol. The van der Waals surface area contributed by atoms with Gasteiger partial charge in [0.2, 0.25) is 5.91 Å². The van der Waals surface area contributed by atoms with Gasteiger partial charge in [-0.2, -0.15) is 15.5 Å². The number of primary amides is 1. The van der Waals surface area contributed by atoms with Crippen molar-refractivity contribution in [3.8, 4) is 17.3 Å². The standard InChI is InChI=1S/C23H29N9O2/c1-12-8-31(22(34)23(4,5)11-24)9-16(12)27-19-15(20(25)33)7-26-32-10-17(28-21(19)32)18-13(2)29-30(6)14(18)3/h7,10,12,16,27H,8-9H2,1-6H3,(H2,25,33)/t12-,16+/m0/s1. The molecule has 1 aliphatic rings. The molecule has 1 fully saturated rings. The van der Waals surface area contributed by atoms with Crippen LogP contribution in [0.2, 0.25) is 0 Å². The summed E-state index contributed by atoms with van der Waals surface area (Å²) in [7, 11) is 1.88. The molecule has 0 aliphatic carbocycles. The number of nitrogens with zero attached hydrogens (tertiary/aromatic N) is 7. The number of fused-ring (bicyclic) bond motifs is 1. The maximum atomic E-state index is 12.8. The van der Waals surface area contributed by atoms with Gasteiger partial charge in [0.25, 0.3) is 5.91 Å². The second-order valence-corrected chi connectivity index (χ2v) is 9.54. The summed E-state index contributed by atoms with van der Waals surface area (Å²) in [6.45, 7) is 10.0. The number of rotatable bonds is 5. The number of nitrogens with one attached hydrogen (secondary N) is 1. The molecule has 0 aromatic carbocycles. The molecular weight excluding hydrogens is 434 g/mol. The molecule has 1 aliphatic heterocycles. The van der Waals surface area contributed by atoms with Crippen LogP contribution in [0.5, 0.6) is 0 Å². The summed E-state index contributed by atoms with van der Waals surface area (Å²) >= 11 is 0. The van der Waals surface area contributed by atoms with E-state index in [-0.39, 0.29) is 23.4 Å². The average Bonchev–Trinajstić information content (AvgIpc) is 3.43. The van der Waals surface area contributed by atoms with E-state index in [2.05, 4.69) is 21.6 Å². The van der Waals surface area contributed by atoms with E-state index in [1.54, 1.807) is 34.1 Å². The van der Waals surface area contributed by atoms with Crippen molar-refractivity contribution in [2.24, 2.45) is 24.1 Å². The molecule has 0 spiro atoms. The summed E-state index contributed by atoms with van der Waals surface area (Å²) in [6.07, 6.45) is 3.22. The van der Waals surface area contributed by atoms with Crippen LogP contribution >= 0.6 is 0 Å². The first-order valence-electron chi connectivity index (χ1n) is 11.1. The fourth-order valence-corrected chi connectivity index (χ4v) is 4.48. The van der Waals surface area contributed by atoms with Crippen molar-refractivity contribution in [1.82, 2.24) is 29.3 Å². The molecule has 34 heavy (non-hydrogen) atoms. The number of hydrogen-bond donors (Lipinski definition) is 2. The van der Waals surface area contributed by atoms with Crippen molar-refractivity contribution in [3.63, 3.8) is 0 Å². The summed E-state index contributed by atoms with van der Waals surface area (Å²) in [5, 5.41) is 21.6. The minimum absolute atomic E-state index is 0.0737. The summed E-state index contributed by atoms with van der Waals surface area (Å²) in [5.41, 5.74) is 9.11. The lowest BCUT2D eigenvalue weighted by Crippen LogP contribution is -2.40. The maximum absolute atomic E-state index is 12.8. The molecule has 3 N–H and O–H groups in total. The minimum atomic E-state index is -1.10. The lowest BCUT2D eigenvalue weighted by molar-refractivity contribution is -0.136. The van der Waals surface area contributed by atoms with E-state index in [0.717, 1.165) is 17.0 Å². The zero-order valence-electron chi connectivity index (χ0n) is 20.2. The van der Waals surface area contributed by atoms with Crippen molar-refractivity contribution in [2.45, 2.75) is 40.7 Å². The Bertz CT molecular complexity index is 1340. The molecule has 0 bridgehead atoms. The molecular formula is C23H29N9O2. The number of nitriles is 1. The molecule has 0 saturated carbocycles. The van der Waals surface area contributed by atoms with Crippen molar-refractivity contribution in [2.75, 3.05) is 18.4 Å². The Balaban J connectivity index is 1.74. The number of nitrogens with two attached hydrogens (primary N) is 1. The van der Waals surface area contributed by atoms with Gasteiger partial charge in [0, 0.05) is 37.4 Å². The van der Waals surface area contributed by atoms with Gasteiger partial charge in [0.1, 0.15) is 5.41 Å². The Hall–Kier alpha value is -3.94. The van der Waals surface area contributed by atoms with E-state index in [0.29, 0.717) is 30.1 Å². The van der Waals surface area contributed by atoms with Crippen LogP contribution in [-0.4, -0.2) is 60.2 Å². The number of carbonyl (C=O) groups excluding carboxylic acids is 2. The molecule has 0 unspecified atom stereocenters. The van der Waals surface area contributed by atoms with E-state index in [1.165, 1.54) is 6.20 Å². The van der Waals surface area contributed by atoms with Crippen LogP contribution in [0.1, 0.15) is 42.5 Å². The molecule has 1 saturated heterocycles. The third-order valence-electron chi connectivity index (χ3n) is 6.57. The highest BCUT2D eigenvalue weighted by molar-refractivity contribution is 6.01. The van der Waals surface area contributed by atoms with Gasteiger partial charge < -0.3 is 16.0 Å². The number of likely N-dealkylation sites (tertiary alicyclic amines) is 1. The number of imidazole rings is 1. The van der Waals surface area contributed by atoms with Crippen LogP contribution < -0.4 is 11.1 Å². The Kier molecular flexibility index (Phi) is 5.55. The second kappa shape index (κ2) is 8.13. The number of anilines is 1. The summed E-state index contributed by atoms with van der Waals surface area (Å²) in [5.74, 6) is -0.767. The molecule has 3 aromatic heterocycles. The number of aromatic nitrogens is 5. The van der Waals surface area contributed by atoms with Gasteiger partial charge in [-0.05, 0) is 33.6 Å². The van der Waals surface area contributed by atoms with Crippen LogP contribution in [0, 0.1) is 36.5 Å². The molecule has 4 rings (SSSR count). The molecule has 0 radical (unpaired) electrons. The predicted octanol–water partition coefficient (Wildman–Crippen LogP) is 1.65. The highest BCUT2D eigenvalue weighted by Crippen LogP contribution is 2.31. The fraction of sp³-hybridized carbons (Fsp3) is 0.478. The smallest absolute Gasteiger partial charge is 0.252 e. The van der Waals surface area contributed by atoms with Crippen LogP contribution in [0.3, 0.4) is 0 Å². The zero-order valence-corrected chi connectivity index (χ0v) is 20.2. The first-order chi connectivity index (χ1) is 15.9. The van der Waals surface area contributed by atoms with Gasteiger partial charge in [-0.3, -0.25) is 14.3 Å². The molecule has 178 valence electrons. The average molecular weight is 464 g/mol. The van der Waals surface area contributed by atoms with Gasteiger partial charge in [-0.25, -0.2) is 9.50 Å². The molecule has 4 heterocycles. The first-order valence-corrected chi connectivity index (χ1v) is 11.1. The van der Waals surface area contributed by atoms with Gasteiger partial charge >= 0.3 is 0 Å². The summed E-state index contributed by atoms with van der Waals surface area (Å²) in [6, 6.07) is 1.91. The van der Waals surface area contributed by atoms with Gasteiger partial charge in [-0.15, -0.1) is 0 Å². The van der Waals surface area contributed by atoms with Crippen LogP contribution in [-0.2, 0) is 11.8 Å². The Labute approximate surface area is 197 Å². The third-order valence-corrected chi connectivity index (χ3v) is 6.57. The minimum Gasteiger partial charge on any atom is -0.376 e. The SMILES string of the molecule is Cc1nn(C)c(C)c1-c1cn2ncc(C(N)=O)c(N[C@@H]3CN(C(=O)C(C)(C)C#N)C[C@@H]3C)c2n1. The van der Waals surface area contributed by atoms with Gasteiger partial charge in [0.05, 0.1) is 41.1 Å². The van der Waals surface area contributed by atoms with E-state index in [1.807, 2.05) is 27.8 Å². The zero-order chi connectivity index (χ0) is 24.9. The van der Waals surface area contributed by atoms with Gasteiger partial charge in [0.15, 0.2) is 5.65 Å². The van der Waals surface area contributed by atoms with E-state index < -0.39 is 11.3 Å². The van der Waals surface area contributed by atoms with Crippen LogP contribution in [0.15, 0.2) is 12.4 Å². The van der Waals surface area contributed by atoms with E-state index in [9.17, 15) is 14.9 Å². The Morgan fingerprint density at radius 1 is 1.29 bits per heavy atom. The van der Waals surface area contributed by atoms with Gasteiger partial charge in [-0.1, -0.05) is 6.92 Å². The number of amides is 2. The van der Waals surface area contributed by atoms with Crippen LogP contribution in [0.25, 0.3) is 16.9 Å². The number of carbonyl (C=O) groups is 2. The summed E-state index contributed by atoms with van der Waals surface area (Å²) in [4.78, 5) is 31.5. The highest BCUT2D eigenvalue weighted by atomic mass is 16.2. The quantitative estimate of drug-likeness (QED) is 0.585. The van der Waals surface area contributed by atoms with Crippen LogP contribution in [0.4, 0.5) is 5.69 Å². The molecule has 2 atom stereocenters. The predicted molar refractivity (Wildman–Crippen MR) is 126 cm³/mol. The lowest BCUT2D eigenvalue weighted by atomic mass is 9.94. The molecule has 3 aromatic rings. The van der Waals surface area contributed by atoms with Crippen molar-refractivity contribution >= 4 is 23.1 Å². The van der Waals surface area contributed by atoms with E-state index >= 15 is 0 Å². The molecule has 11 heteroatoms. The Morgan fingerprint density at radius 3 is 2.59 bits per heavy atom. The van der Waals surface area contributed by atoms with Crippen molar-refractivity contribution in [3.05, 3.63) is 29.3 Å². The fourth-order valence-electron chi connectivity index (χ4n) is 4.48. The maximum Gasteiger partial charge on any atom is 0.252 e. The van der Waals surface area contributed by atoms with Crippen molar-refractivity contribution < 1.29 is 9.59 Å². The third kappa shape index (κ3) is 3.75. The normalized spacial score (nSPS) is 18.3.